The lowest BCUT2D eigenvalue weighted by Crippen LogP contribution is -2.41. The smallest absolute Gasteiger partial charge is 0.0161 e. The average Bonchev–Trinajstić information content (AvgIpc) is 2.53. The average molecular weight is 273 g/mol. The van der Waals surface area contributed by atoms with Crippen LogP contribution in [0.3, 0.4) is 0 Å². The summed E-state index contributed by atoms with van der Waals surface area (Å²) in [4.78, 5) is 0. The summed E-state index contributed by atoms with van der Waals surface area (Å²) in [5.41, 5.74) is 1.51. The summed E-state index contributed by atoms with van der Waals surface area (Å²) in [7, 11) is 2.16. The Balaban J connectivity index is 2.13. The van der Waals surface area contributed by atoms with E-state index in [9.17, 15) is 0 Å². The van der Waals surface area contributed by atoms with Crippen LogP contribution in [0.4, 0.5) is 0 Å². The molecular formula is C19H31N. The molecule has 1 nitrogen and oxygen atoms in total. The van der Waals surface area contributed by atoms with Gasteiger partial charge in [0.15, 0.2) is 0 Å². The third-order valence-electron chi connectivity index (χ3n) is 5.34. The van der Waals surface area contributed by atoms with Gasteiger partial charge in [-0.1, -0.05) is 63.4 Å². The predicted molar refractivity (Wildman–Crippen MR) is 88.1 cm³/mol. The quantitative estimate of drug-likeness (QED) is 0.770. The molecule has 20 heavy (non-hydrogen) atoms. The van der Waals surface area contributed by atoms with Crippen LogP contribution in [-0.4, -0.2) is 13.1 Å². The normalized spacial score (nSPS) is 26.1. The fourth-order valence-corrected chi connectivity index (χ4v) is 4.19. The number of likely N-dealkylation sites (N-methyl/N-ethyl adjacent to an activating group) is 1. The number of hydrogen-bond acceptors (Lipinski definition) is 1. The van der Waals surface area contributed by atoms with Crippen LogP contribution < -0.4 is 5.32 Å². The first kappa shape index (κ1) is 15.6. The van der Waals surface area contributed by atoms with Crippen molar-refractivity contribution in [2.24, 2.45) is 11.8 Å². The van der Waals surface area contributed by atoms with Crippen LogP contribution >= 0.6 is 0 Å². The Bertz CT molecular complexity index is 373. The van der Waals surface area contributed by atoms with Gasteiger partial charge in [-0.15, -0.1) is 0 Å². The molecule has 0 bridgehead atoms. The molecule has 1 aromatic rings. The molecule has 1 saturated carbocycles. The molecule has 0 radical (unpaired) electrons. The van der Waals surface area contributed by atoms with E-state index in [0.29, 0.717) is 12.0 Å². The highest BCUT2D eigenvalue weighted by atomic mass is 14.9. The molecule has 112 valence electrons. The van der Waals surface area contributed by atoms with Gasteiger partial charge in [-0.25, -0.2) is 0 Å². The Labute approximate surface area is 125 Å². The summed E-state index contributed by atoms with van der Waals surface area (Å²) in [5.74, 6) is 2.46. The van der Waals surface area contributed by atoms with E-state index in [4.69, 9.17) is 0 Å². The van der Waals surface area contributed by atoms with E-state index in [1.54, 1.807) is 0 Å². The number of rotatable bonds is 6. The highest BCUT2D eigenvalue weighted by Gasteiger charge is 2.31. The minimum atomic E-state index is 0.636. The van der Waals surface area contributed by atoms with Crippen molar-refractivity contribution in [3.8, 4) is 0 Å². The topological polar surface area (TPSA) is 12.0 Å². The second-order valence-electron chi connectivity index (χ2n) is 6.44. The zero-order chi connectivity index (χ0) is 14.4. The van der Waals surface area contributed by atoms with Gasteiger partial charge in [0, 0.05) is 6.04 Å². The van der Waals surface area contributed by atoms with E-state index in [1.165, 1.54) is 44.1 Å². The third-order valence-corrected chi connectivity index (χ3v) is 5.34. The lowest BCUT2D eigenvalue weighted by Gasteiger charge is -2.38. The Kier molecular flexibility index (Phi) is 6.09. The van der Waals surface area contributed by atoms with Crippen LogP contribution in [0.1, 0.15) is 63.9 Å². The van der Waals surface area contributed by atoms with E-state index in [2.05, 4.69) is 56.5 Å². The van der Waals surface area contributed by atoms with Crippen LogP contribution in [0.2, 0.25) is 0 Å². The van der Waals surface area contributed by atoms with E-state index in [1.807, 2.05) is 0 Å². The van der Waals surface area contributed by atoms with Crippen LogP contribution in [-0.2, 0) is 0 Å². The van der Waals surface area contributed by atoms with Crippen molar-refractivity contribution in [1.29, 1.82) is 0 Å². The second-order valence-corrected chi connectivity index (χ2v) is 6.44. The van der Waals surface area contributed by atoms with Crippen molar-refractivity contribution >= 4 is 0 Å². The van der Waals surface area contributed by atoms with Crippen molar-refractivity contribution < 1.29 is 0 Å². The first-order valence-electron chi connectivity index (χ1n) is 8.52. The summed E-state index contributed by atoms with van der Waals surface area (Å²) in [6, 6.07) is 11.7. The maximum absolute atomic E-state index is 3.67. The van der Waals surface area contributed by atoms with Crippen LogP contribution in [0.25, 0.3) is 0 Å². The van der Waals surface area contributed by atoms with Gasteiger partial charge in [0.2, 0.25) is 0 Å². The highest BCUT2D eigenvalue weighted by Crippen LogP contribution is 2.38. The molecule has 1 aromatic carbocycles. The first-order valence-corrected chi connectivity index (χ1v) is 8.52. The van der Waals surface area contributed by atoms with Gasteiger partial charge in [-0.05, 0) is 49.6 Å². The largest absolute Gasteiger partial charge is 0.316 e. The Hall–Kier alpha value is -0.820. The summed E-state index contributed by atoms with van der Waals surface area (Å²) in [6.45, 7) is 4.69. The second kappa shape index (κ2) is 7.83. The van der Waals surface area contributed by atoms with Crippen LogP contribution in [0.5, 0.6) is 0 Å². The molecule has 0 spiro atoms. The van der Waals surface area contributed by atoms with Crippen molar-refractivity contribution in [3.63, 3.8) is 0 Å². The van der Waals surface area contributed by atoms with E-state index in [0.717, 1.165) is 11.8 Å². The molecule has 0 heterocycles. The molecule has 2 rings (SSSR count). The van der Waals surface area contributed by atoms with E-state index < -0.39 is 0 Å². The van der Waals surface area contributed by atoms with Gasteiger partial charge >= 0.3 is 0 Å². The summed E-state index contributed by atoms with van der Waals surface area (Å²) >= 11 is 0. The van der Waals surface area contributed by atoms with Crippen molar-refractivity contribution in [2.45, 2.75) is 64.3 Å². The van der Waals surface area contributed by atoms with Gasteiger partial charge < -0.3 is 5.32 Å². The number of benzene rings is 1. The highest BCUT2D eigenvalue weighted by molar-refractivity contribution is 5.21. The Morgan fingerprint density at radius 2 is 1.90 bits per heavy atom. The molecule has 0 saturated heterocycles. The number of hydrogen-bond donors (Lipinski definition) is 1. The van der Waals surface area contributed by atoms with Gasteiger partial charge in [-0.2, -0.15) is 0 Å². The molecule has 1 aliphatic rings. The minimum Gasteiger partial charge on any atom is -0.316 e. The van der Waals surface area contributed by atoms with Crippen molar-refractivity contribution in [2.75, 3.05) is 7.05 Å². The predicted octanol–water partition coefficient (Wildman–Crippen LogP) is 4.98. The molecule has 0 aliphatic heterocycles. The summed E-state index contributed by atoms with van der Waals surface area (Å²) < 4.78 is 0. The molecule has 1 N–H and O–H groups in total. The standard InChI is InChI=1S/C19H31N/c1-4-15-10-9-13-17(14-15)19(20-3)18(5-2)16-11-7-6-8-12-16/h6-8,11-12,15,17-20H,4-5,9-10,13-14H2,1-3H3. The molecule has 1 fully saturated rings. The molecule has 1 heteroatoms. The van der Waals surface area contributed by atoms with Crippen molar-refractivity contribution in [1.82, 2.24) is 5.32 Å². The molecule has 0 aromatic heterocycles. The van der Waals surface area contributed by atoms with E-state index >= 15 is 0 Å². The molecule has 4 unspecified atom stereocenters. The van der Waals surface area contributed by atoms with Crippen molar-refractivity contribution in [3.05, 3.63) is 35.9 Å². The zero-order valence-corrected chi connectivity index (χ0v) is 13.4. The number of nitrogens with one attached hydrogen (secondary N) is 1. The molecule has 4 atom stereocenters. The van der Waals surface area contributed by atoms with Crippen LogP contribution in [0, 0.1) is 11.8 Å². The van der Waals surface area contributed by atoms with Crippen LogP contribution in [0.15, 0.2) is 30.3 Å². The minimum absolute atomic E-state index is 0.636. The SMILES string of the molecule is CCC1CCCC(C(NC)C(CC)c2ccccc2)C1. The molecular weight excluding hydrogens is 242 g/mol. The lowest BCUT2D eigenvalue weighted by molar-refractivity contribution is 0.194. The maximum Gasteiger partial charge on any atom is 0.0161 e. The lowest BCUT2D eigenvalue weighted by atomic mass is 9.72. The van der Waals surface area contributed by atoms with Gasteiger partial charge in [0.25, 0.3) is 0 Å². The van der Waals surface area contributed by atoms with Gasteiger partial charge in [0.05, 0.1) is 0 Å². The monoisotopic (exact) mass is 273 g/mol. The fraction of sp³-hybridized carbons (Fsp3) is 0.684. The van der Waals surface area contributed by atoms with Gasteiger partial charge in [-0.3, -0.25) is 0 Å². The van der Waals surface area contributed by atoms with E-state index in [-0.39, 0.29) is 0 Å². The third kappa shape index (κ3) is 3.63. The molecule has 0 amide bonds. The maximum atomic E-state index is 3.67. The molecule has 1 aliphatic carbocycles. The first-order chi connectivity index (χ1) is 9.80. The Morgan fingerprint density at radius 3 is 2.50 bits per heavy atom. The Morgan fingerprint density at radius 1 is 1.15 bits per heavy atom. The van der Waals surface area contributed by atoms with Gasteiger partial charge in [0.1, 0.15) is 0 Å². The summed E-state index contributed by atoms with van der Waals surface area (Å²) in [5, 5.41) is 3.67. The zero-order valence-electron chi connectivity index (χ0n) is 13.4. The fourth-order valence-electron chi connectivity index (χ4n) is 4.19. The summed E-state index contributed by atoms with van der Waals surface area (Å²) in [6.07, 6.45) is 8.28.